The second-order valence-corrected chi connectivity index (χ2v) is 6.85. The molecule has 0 spiro atoms. The van der Waals surface area contributed by atoms with Crippen LogP contribution < -0.4 is 10.6 Å². The van der Waals surface area contributed by atoms with Crippen molar-refractivity contribution in [1.82, 2.24) is 4.90 Å². The lowest BCUT2D eigenvalue weighted by molar-refractivity contribution is -0.117. The number of anilines is 2. The standard InChI is InChI=1S/C20H21ClN4O/c21-16-6-7-19(15(12-16)13-22)23-18-8-10-25(11-9-18)14-20(26)24-17-4-2-1-3-5-17/h1-7,12,18,23H,8-11,14H2,(H,24,26). The number of nitriles is 1. The quantitative estimate of drug-likeness (QED) is 0.843. The second-order valence-electron chi connectivity index (χ2n) is 6.41. The van der Waals surface area contributed by atoms with Crippen molar-refractivity contribution in [3.8, 4) is 6.07 Å². The predicted molar refractivity (Wildman–Crippen MR) is 104 cm³/mol. The number of likely N-dealkylation sites (tertiary alicyclic amines) is 1. The average molecular weight is 369 g/mol. The first-order chi connectivity index (χ1) is 12.6. The number of hydrogen-bond donors (Lipinski definition) is 2. The van der Waals surface area contributed by atoms with Gasteiger partial charge in [-0.15, -0.1) is 0 Å². The highest BCUT2D eigenvalue weighted by Gasteiger charge is 2.21. The maximum absolute atomic E-state index is 12.2. The Morgan fingerprint density at radius 1 is 1.19 bits per heavy atom. The van der Waals surface area contributed by atoms with E-state index >= 15 is 0 Å². The lowest BCUT2D eigenvalue weighted by Gasteiger charge is -2.32. The molecule has 0 aliphatic carbocycles. The zero-order valence-corrected chi connectivity index (χ0v) is 15.2. The number of nitrogens with one attached hydrogen (secondary N) is 2. The lowest BCUT2D eigenvalue weighted by atomic mass is 10.0. The van der Waals surface area contributed by atoms with E-state index in [9.17, 15) is 10.1 Å². The summed E-state index contributed by atoms with van der Waals surface area (Å²) in [5, 5.41) is 16.1. The number of carbonyl (C=O) groups is 1. The molecule has 5 nitrogen and oxygen atoms in total. The number of halogens is 1. The molecule has 3 rings (SSSR count). The largest absolute Gasteiger partial charge is 0.381 e. The van der Waals surface area contributed by atoms with Crippen LogP contribution in [-0.4, -0.2) is 36.5 Å². The molecule has 1 aliphatic rings. The maximum atomic E-state index is 12.2. The van der Waals surface area contributed by atoms with Crippen LogP contribution in [0.25, 0.3) is 0 Å². The summed E-state index contributed by atoms with van der Waals surface area (Å²) in [5.41, 5.74) is 2.19. The van der Waals surface area contributed by atoms with E-state index in [4.69, 9.17) is 11.6 Å². The summed E-state index contributed by atoms with van der Waals surface area (Å²) in [7, 11) is 0. The molecule has 2 aromatic rings. The van der Waals surface area contributed by atoms with Gasteiger partial charge in [-0.2, -0.15) is 5.26 Å². The maximum Gasteiger partial charge on any atom is 0.238 e. The monoisotopic (exact) mass is 368 g/mol. The van der Waals surface area contributed by atoms with Crippen molar-refractivity contribution in [1.29, 1.82) is 5.26 Å². The Balaban J connectivity index is 1.47. The summed E-state index contributed by atoms with van der Waals surface area (Å²) in [6.45, 7) is 2.08. The molecule has 0 radical (unpaired) electrons. The topological polar surface area (TPSA) is 68.2 Å². The zero-order valence-electron chi connectivity index (χ0n) is 14.4. The minimum absolute atomic E-state index is 0.00655. The number of para-hydroxylation sites is 1. The number of benzene rings is 2. The SMILES string of the molecule is N#Cc1cc(Cl)ccc1NC1CCN(CC(=O)Nc2ccccc2)CC1. The van der Waals surface area contributed by atoms with E-state index in [1.807, 2.05) is 36.4 Å². The van der Waals surface area contributed by atoms with Gasteiger partial charge in [-0.3, -0.25) is 9.69 Å². The van der Waals surface area contributed by atoms with Crippen LogP contribution in [0.3, 0.4) is 0 Å². The third-order valence-electron chi connectivity index (χ3n) is 4.47. The molecule has 0 saturated carbocycles. The van der Waals surface area contributed by atoms with Gasteiger partial charge in [0, 0.05) is 29.8 Å². The summed E-state index contributed by atoms with van der Waals surface area (Å²) >= 11 is 5.94. The molecule has 0 bridgehead atoms. The van der Waals surface area contributed by atoms with Crippen LogP contribution in [0.2, 0.25) is 5.02 Å². The molecule has 134 valence electrons. The van der Waals surface area contributed by atoms with Crippen molar-refractivity contribution in [2.75, 3.05) is 30.3 Å². The lowest BCUT2D eigenvalue weighted by Crippen LogP contribution is -2.42. The van der Waals surface area contributed by atoms with E-state index in [0.717, 1.165) is 37.3 Å². The zero-order chi connectivity index (χ0) is 18.4. The first-order valence-corrected chi connectivity index (χ1v) is 9.05. The van der Waals surface area contributed by atoms with Gasteiger partial charge in [0.1, 0.15) is 6.07 Å². The van der Waals surface area contributed by atoms with Crippen LogP contribution in [0.5, 0.6) is 0 Å². The Morgan fingerprint density at radius 3 is 2.62 bits per heavy atom. The molecule has 0 atom stereocenters. The highest BCUT2D eigenvalue weighted by atomic mass is 35.5. The number of carbonyl (C=O) groups excluding carboxylic acids is 1. The van der Waals surface area contributed by atoms with Crippen molar-refractivity contribution in [3.63, 3.8) is 0 Å². The molecule has 1 aliphatic heterocycles. The van der Waals surface area contributed by atoms with E-state index in [-0.39, 0.29) is 11.9 Å². The fourth-order valence-corrected chi connectivity index (χ4v) is 3.29. The van der Waals surface area contributed by atoms with Gasteiger partial charge in [0.25, 0.3) is 0 Å². The highest BCUT2D eigenvalue weighted by Crippen LogP contribution is 2.23. The first kappa shape index (κ1) is 18.2. The number of piperidine rings is 1. The minimum Gasteiger partial charge on any atom is -0.381 e. The molecule has 0 aromatic heterocycles. The Kier molecular flexibility index (Phi) is 6.11. The molecule has 26 heavy (non-hydrogen) atoms. The molecular weight excluding hydrogens is 348 g/mol. The Hall–Kier alpha value is -2.55. The van der Waals surface area contributed by atoms with E-state index in [2.05, 4.69) is 21.6 Å². The van der Waals surface area contributed by atoms with Gasteiger partial charge in [-0.25, -0.2) is 0 Å². The van der Waals surface area contributed by atoms with Crippen LogP contribution >= 0.6 is 11.6 Å². The second kappa shape index (κ2) is 8.70. The first-order valence-electron chi connectivity index (χ1n) is 8.67. The predicted octanol–water partition coefficient (Wildman–Crippen LogP) is 3.73. The summed E-state index contributed by atoms with van der Waals surface area (Å²) in [4.78, 5) is 14.3. The van der Waals surface area contributed by atoms with Crippen LogP contribution in [0.1, 0.15) is 18.4 Å². The van der Waals surface area contributed by atoms with E-state index in [0.29, 0.717) is 17.1 Å². The number of nitrogens with zero attached hydrogens (tertiary/aromatic N) is 2. The third-order valence-corrected chi connectivity index (χ3v) is 4.71. The highest BCUT2D eigenvalue weighted by molar-refractivity contribution is 6.30. The molecule has 6 heteroatoms. The average Bonchev–Trinajstić information content (AvgIpc) is 2.65. The Labute approximate surface area is 158 Å². The molecule has 1 amide bonds. The van der Waals surface area contributed by atoms with Crippen LogP contribution in [0.15, 0.2) is 48.5 Å². The Bertz CT molecular complexity index is 795. The summed E-state index contributed by atoms with van der Waals surface area (Å²) in [6.07, 6.45) is 1.85. The smallest absolute Gasteiger partial charge is 0.238 e. The van der Waals surface area contributed by atoms with Crippen molar-refractivity contribution in [2.45, 2.75) is 18.9 Å². The van der Waals surface area contributed by atoms with Crippen LogP contribution in [0, 0.1) is 11.3 Å². The summed E-state index contributed by atoms with van der Waals surface area (Å²) in [6, 6.07) is 17.3. The van der Waals surface area contributed by atoms with Crippen molar-refractivity contribution < 1.29 is 4.79 Å². The van der Waals surface area contributed by atoms with Crippen molar-refractivity contribution in [2.24, 2.45) is 0 Å². The summed E-state index contributed by atoms with van der Waals surface area (Å²) < 4.78 is 0. The van der Waals surface area contributed by atoms with Gasteiger partial charge >= 0.3 is 0 Å². The molecule has 1 fully saturated rings. The summed E-state index contributed by atoms with van der Waals surface area (Å²) in [5.74, 6) is 0.00655. The van der Waals surface area contributed by atoms with E-state index < -0.39 is 0 Å². The molecule has 2 aromatic carbocycles. The van der Waals surface area contributed by atoms with E-state index in [1.165, 1.54) is 0 Å². The normalized spacial score (nSPS) is 15.2. The number of hydrogen-bond acceptors (Lipinski definition) is 4. The Morgan fingerprint density at radius 2 is 1.92 bits per heavy atom. The molecule has 0 unspecified atom stereocenters. The number of amides is 1. The van der Waals surface area contributed by atoms with Gasteiger partial charge in [0.15, 0.2) is 0 Å². The fourth-order valence-electron chi connectivity index (χ4n) is 3.12. The van der Waals surface area contributed by atoms with E-state index in [1.54, 1.807) is 12.1 Å². The fraction of sp³-hybridized carbons (Fsp3) is 0.300. The minimum atomic E-state index is 0.00655. The molecule has 2 N–H and O–H groups in total. The van der Waals surface area contributed by atoms with Crippen LogP contribution in [-0.2, 0) is 4.79 Å². The van der Waals surface area contributed by atoms with Crippen molar-refractivity contribution >= 4 is 28.9 Å². The van der Waals surface area contributed by atoms with Gasteiger partial charge in [0.05, 0.1) is 17.8 Å². The molecule has 1 saturated heterocycles. The van der Waals surface area contributed by atoms with Gasteiger partial charge in [-0.1, -0.05) is 29.8 Å². The van der Waals surface area contributed by atoms with Crippen molar-refractivity contribution in [3.05, 3.63) is 59.1 Å². The van der Waals surface area contributed by atoms with Crippen LogP contribution in [0.4, 0.5) is 11.4 Å². The molecule has 1 heterocycles. The molecular formula is C20H21ClN4O. The van der Waals surface area contributed by atoms with Gasteiger partial charge in [0.2, 0.25) is 5.91 Å². The van der Waals surface area contributed by atoms with Gasteiger partial charge < -0.3 is 10.6 Å². The van der Waals surface area contributed by atoms with Gasteiger partial charge in [-0.05, 0) is 43.2 Å². The number of rotatable bonds is 5. The third kappa shape index (κ3) is 4.98.